The minimum Gasteiger partial charge on any atom is -0.383 e. The van der Waals surface area contributed by atoms with Gasteiger partial charge in [-0.1, -0.05) is 23.2 Å². The summed E-state index contributed by atoms with van der Waals surface area (Å²) in [4.78, 5) is 16.0. The highest BCUT2D eigenvalue weighted by Gasteiger charge is 2.08. The van der Waals surface area contributed by atoms with Crippen LogP contribution in [-0.4, -0.2) is 31.2 Å². The molecule has 2 aromatic rings. The molecular formula is C15H15Cl2N3O2. The molecule has 5 nitrogen and oxygen atoms in total. The number of carbonyl (C=O) groups excluding carboxylic acids is 1. The van der Waals surface area contributed by atoms with Crippen LogP contribution < -0.4 is 10.6 Å². The molecule has 116 valence electrons. The predicted molar refractivity (Wildman–Crippen MR) is 88.2 cm³/mol. The molecule has 0 fully saturated rings. The fraction of sp³-hybridized carbons (Fsp3) is 0.200. The molecule has 7 heteroatoms. The first-order valence-electron chi connectivity index (χ1n) is 6.55. The molecule has 1 aromatic heterocycles. The summed E-state index contributed by atoms with van der Waals surface area (Å²) in [6.07, 6.45) is 1.56. The number of carbonyl (C=O) groups is 1. The van der Waals surface area contributed by atoms with E-state index < -0.39 is 0 Å². The van der Waals surface area contributed by atoms with Crippen LogP contribution in [0.15, 0.2) is 36.5 Å². The van der Waals surface area contributed by atoms with Crippen LogP contribution in [-0.2, 0) is 4.74 Å². The van der Waals surface area contributed by atoms with Crippen LogP contribution in [0.1, 0.15) is 10.5 Å². The van der Waals surface area contributed by atoms with Gasteiger partial charge in [0.05, 0.1) is 16.7 Å². The van der Waals surface area contributed by atoms with Gasteiger partial charge in [0.15, 0.2) is 0 Å². The maximum atomic E-state index is 11.9. The van der Waals surface area contributed by atoms with Crippen LogP contribution in [0.25, 0.3) is 0 Å². The van der Waals surface area contributed by atoms with Crippen molar-refractivity contribution in [1.82, 2.24) is 10.3 Å². The molecule has 0 radical (unpaired) electrons. The average Bonchev–Trinajstić information content (AvgIpc) is 2.51. The highest BCUT2D eigenvalue weighted by Crippen LogP contribution is 2.26. The third-order valence-electron chi connectivity index (χ3n) is 2.79. The number of hydrogen-bond donors (Lipinski definition) is 2. The number of rotatable bonds is 6. The zero-order chi connectivity index (χ0) is 15.9. The van der Waals surface area contributed by atoms with Crippen molar-refractivity contribution in [2.45, 2.75) is 0 Å². The van der Waals surface area contributed by atoms with Gasteiger partial charge in [0.25, 0.3) is 5.91 Å². The van der Waals surface area contributed by atoms with Gasteiger partial charge in [-0.15, -0.1) is 0 Å². The number of pyridine rings is 1. The fourth-order valence-electron chi connectivity index (χ4n) is 1.73. The Bertz CT molecular complexity index is 665. The molecule has 1 heterocycles. The van der Waals surface area contributed by atoms with Gasteiger partial charge in [0.2, 0.25) is 0 Å². The minimum atomic E-state index is -0.255. The highest BCUT2D eigenvalue weighted by molar-refractivity contribution is 6.42. The molecule has 2 N–H and O–H groups in total. The van der Waals surface area contributed by atoms with E-state index in [1.807, 2.05) is 0 Å². The van der Waals surface area contributed by atoms with Gasteiger partial charge in [0, 0.05) is 31.2 Å². The first kappa shape index (κ1) is 16.5. The number of nitrogens with zero attached hydrogens (tertiary/aromatic N) is 1. The molecule has 0 aliphatic rings. The third-order valence-corrected chi connectivity index (χ3v) is 3.53. The number of ether oxygens (including phenoxy) is 1. The molecule has 0 saturated heterocycles. The SMILES string of the molecule is COCCNC(=O)c1cc(Nc2ccc(Cl)c(Cl)c2)ccn1. The lowest BCUT2D eigenvalue weighted by molar-refractivity contribution is 0.0932. The Morgan fingerprint density at radius 3 is 2.68 bits per heavy atom. The van der Waals surface area contributed by atoms with E-state index >= 15 is 0 Å². The van der Waals surface area contributed by atoms with Crippen molar-refractivity contribution < 1.29 is 9.53 Å². The summed E-state index contributed by atoms with van der Waals surface area (Å²) in [5.74, 6) is -0.255. The normalized spacial score (nSPS) is 10.3. The maximum Gasteiger partial charge on any atom is 0.270 e. The summed E-state index contributed by atoms with van der Waals surface area (Å²) in [6, 6.07) is 8.63. The number of halogens is 2. The van der Waals surface area contributed by atoms with Crippen molar-refractivity contribution in [3.05, 3.63) is 52.3 Å². The molecule has 0 aliphatic carbocycles. The number of hydrogen-bond acceptors (Lipinski definition) is 4. The Hall–Kier alpha value is -1.82. The van der Waals surface area contributed by atoms with Crippen LogP contribution in [0.2, 0.25) is 10.0 Å². The summed E-state index contributed by atoms with van der Waals surface area (Å²) in [7, 11) is 1.58. The molecule has 0 spiro atoms. The van der Waals surface area contributed by atoms with E-state index in [0.29, 0.717) is 28.9 Å². The van der Waals surface area contributed by atoms with Gasteiger partial charge in [0.1, 0.15) is 5.69 Å². The molecule has 0 atom stereocenters. The smallest absolute Gasteiger partial charge is 0.270 e. The second kappa shape index (κ2) is 7.98. The lowest BCUT2D eigenvalue weighted by Gasteiger charge is -2.09. The quantitative estimate of drug-likeness (QED) is 0.790. The second-order valence-electron chi connectivity index (χ2n) is 4.43. The van der Waals surface area contributed by atoms with Gasteiger partial charge in [-0.05, 0) is 30.3 Å². The van der Waals surface area contributed by atoms with Gasteiger partial charge >= 0.3 is 0 Å². The number of methoxy groups -OCH3 is 1. The monoisotopic (exact) mass is 339 g/mol. The number of nitrogens with one attached hydrogen (secondary N) is 2. The minimum absolute atomic E-state index is 0.255. The van der Waals surface area contributed by atoms with Gasteiger partial charge in [-0.2, -0.15) is 0 Å². The topological polar surface area (TPSA) is 63.2 Å². The summed E-state index contributed by atoms with van der Waals surface area (Å²) in [5.41, 5.74) is 1.82. The summed E-state index contributed by atoms with van der Waals surface area (Å²) in [5, 5.41) is 6.80. The van der Waals surface area contributed by atoms with Crippen molar-refractivity contribution in [2.24, 2.45) is 0 Å². The maximum absolute atomic E-state index is 11.9. The first-order valence-corrected chi connectivity index (χ1v) is 7.31. The second-order valence-corrected chi connectivity index (χ2v) is 5.25. The summed E-state index contributed by atoms with van der Waals surface area (Å²) >= 11 is 11.9. The van der Waals surface area contributed by atoms with E-state index in [0.717, 1.165) is 11.4 Å². The molecule has 0 unspecified atom stereocenters. The van der Waals surface area contributed by atoms with E-state index in [9.17, 15) is 4.79 Å². The molecule has 1 aromatic carbocycles. The Kier molecular flexibility index (Phi) is 6.00. The van der Waals surface area contributed by atoms with E-state index in [4.69, 9.17) is 27.9 Å². The van der Waals surface area contributed by atoms with Gasteiger partial charge < -0.3 is 15.4 Å². The molecule has 2 rings (SSSR count). The number of benzene rings is 1. The lowest BCUT2D eigenvalue weighted by Crippen LogP contribution is -2.27. The first-order chi connectivity index (χ1) is 10.6. The fourth-order valence-corrected chi connectivity index (χ4v) is 2.03. The van der Waals surface area contributed by atoms with E-state index in [-0.39, 0.29) is 5.91 Å². The molecule has 1 amide bonds. The van der Waals surface area contributed by atoms with Crippen molar-refractivity contribution in [3.63, 3.8) is 0 Å². The molecule has 22 heavy (non-hydrogen) atoms. The molecular weight excluding hydrogens is 325 g/mol. The molecule has 0 bridgehead atoms. The highest BCUT2D eigenvalue weighted by atomic mass is 35.5. The summed E-state index contributed by atoms with van der Waals surface area (Å²) < 4.78 is 4.88. The van der Waals surface area contributed by atoms with E-state index in [2.05, 4.69) is 15.6 Å². The standard InChI is InChI=1S/C15H15Cl2N3O2/c1-22-7-6-19-15(21)14-9-11(4-5-18-14)20-10-2-3-12(16)13(17)8-10/h2-5,8-9H,6-7H2,1H3,(H,18,20)(H,19,21). The van der Waals surface area contributed by atoms with Crippen LogP contribution in [0, 0.1) is 0 Å². The van der Waals surface area contributed by atoms with Crippen LogP contribution >= 0.6 is 23.2 Å². The zero-order valence-corrected chi connectivity index (χ0v) is 13.4. The Balaban J connectivity index is 2.07. The Morgan fingerprint density at radius 1 is 1.18 bits per heavy atom. The lowest BCUT2D eigenvalue weighted by atomic mass is 10.2. The molecule has 0 saturated carbocycles. The Morgan fingerprint density at radius 2 is 1.95 bits per heavy atom. The van der Waals surface area contributed by atoms with Gasteiger partial charge in [-0.25, -0.2) is 0 Å². The van der Waals surface area contributed by atoms with Crippen molar-refractivity contribution >= 4 is 40.5 Å². The third kappa shape index (κ3) is 4.59. The van der Waals surface area contributed by atoms with Crippen molar-refractivity contribution in [3.8, 4) is 0 Å². The number of aromatic nitrogens is 1. The van der Waals surface area contributed by atoms with Crippen LogP contribution in [0.4, 0.5) is 11.4 Å². The van der Waals surface area contributed by atoms with Crippen molar-refractivity contribution in [2.75, 3.05) is 25.6 Å². The van der Waals surface area contributed by atoms with Crippen molar-refractivity contribution in [1.29, 1.82) is 0 Å². The predicted octanol–water partition coefficient (Wildman–Crippen LogP) is 3.51. The number of amides is 1. The van der Waals surface area contributed by atoms with Gasteiger partial charge in [-0.3, -0.25) is 9.78 Å². The van der Waals surface area contributed by atoms with E-state index in [1.54, 1.807) is 43.6 Å². The summed E-state index contributed by atoms with van der Waals surface area (Å²) in [6.45, 7) is 0.883. The Labute approximate surface area is 138 Å². The average molecular weight is 340 g/mol. The van der Waals surface area contributed by atoms with E-state index in [1.165, 1.54) is 0 Å². The largest absolute Gasteiger partial charge is 0.383 e. The zero-order valence-electron chi connectivity index (χ0n) is 11.9. The van der Waals surface area contributed by atoms with Crippen LogP contribution in [0.5, 0.6) is 0 Å². The number of anilines is 2. The molecule has 0 aliphatic heterocycles. The van der Waals surface area contributed by atoms with Crippen LogP contribution in [0.3, 0.4) is 0 Å².